The van der Waals surface area contributed by atoms with Crippen LogP contribution in [0.3, 0.4) is 0 Å². The standard InChI is InChI=1S/C12H22O4.C9H13N.C8H12O4.C8H14O3.C8H10O.2C2H6.4CH4/c1-10(13)8-11(2)15-6-7-16-12(3,4)9-14-5;1-10(2)8-9-6-4-3-5-7-9;1-6(9)3-7(2)10-4-8-11-5-12-8;1-7(9)6-8(2)11-5-4-10-3;1-9-7-8-5-3-2-4-6-8;2*1-2;;;;/h8H,6-7,9H2,1-5H3;3-7H,8H2,1-2H3;3,8H,4-5H2,1-2H3;6H,4-5H2,1-3H3;2-6H,7H2,1H3;2*1-2H3;4*1H4/b11-8-;;7-3-;8-6-;;;;;;;. The molecule has 1 saturated heterocycles. The summed E-state index contributed by atoms with van der Waals surface area (Å²) in [5.74, 6) is 1.79. The molecule has 66 heavy (non-hydrogen) atoms. The minimum Gasteiger partial charge on any atom is -0.496 e. The number of carbonyl (C=O) groups is 3. The molecular weight excluding hydrogens is 843 g/mol. The number of benzene rings is 2. The first-order valence-electron chi connectivity index (χ1n) is 21.0. The predicted molar refractivity (Wildman–Crippen MR) is 276 cm³/mol. The Bertz CT molecular complexity index is 1440. The Morgan fingerprint density at radius 1 is 0.591 bits per heavy atom. The van der Waals surface area contributed by atoms with Crippen LogP contribution in [0.4, 0.5) is 0 Å². The molecule has 1 aliphatic rings. The van der Waals surface area contributed by atoms with E-state index in [9.17, 15) is 14.4 Å². The zero-order valence-electron chi connectivity index (χ0n) is 41.3. The summed E-state index contributed by atoms with van der Waals surface area (Å²) in [5, 5.41) is 0. The fourth-order valence-corrected chi connectivity index (χ4v) is 4.33. The third kappa shape index (κ3) is 59.8. The molecule has 0 aromatic heterocycles. The average Bonchev–Trinajstić information content (AvgIpc) is 3.19. The predicted octanol–water partition coefficient (Wildman–Crippen LogP) is 12.1. The lowest BCUT2D eigenvalue weighted by Gasteiger charge is -2.26. The Balaban J connectivity index is -0.000000104. The molecule has 0 amide bonds. The third-order valence-corrected chi connectivity index (χ3v) is 6.68. The van der Waals surface area contributed by atoms with Gasteiger partial charge in [0.05, 0.1) is 49.3 Å². The smallest absolute Gasteiger partial charge is 0.196 e. The fraction of sp³-hybridized carbons (Fsp3) is 0.604. The van der Waals surface area contributed by atoms with Gasteiger partial charge in [-0.1, -0.05) is 118 Å². The molecule has 3 rings (SSSR count). The molecule has 1 aliphatic heterocycles. The van der Waals surface area contributed by atoms with E-state index in [-0.39, 0.29) is 58.9 Å². The second-order valence-electron chi connectivity index (χ2n) is 13.7. The van der Waals surface area contributed by atoms with Crippen molar-refractivity contribution in [1.29, 1.82) is 0 Å². The zero-order chi connectivity index (χ0) is 48.2. The molecule has 0 bridgehead atoms. The van der Waals surface area contributed by atoms with Crippen molar-refractivity contribution in [2.24, 2.45) is 0 Å². The van der Waals surface area contributed by atoms with Gasteiger partial charge in [-0.2, -0.15) is 0 Å². The van der Waals surface area contributed by atoms with Crippen molar-refractivity contribution in [1.82, 2.24) is 4.90 Å². The summed E-state index contributed by atoms with van der Waals surface area (Å²) in [5.41, 5.74) is 2.28. The van der Waals surface area contributed by atoms with Crippen LogP contribution in [-0.2, 0) is 70.2 Å². The van der Waals surface area contributed by atoms with Crippen LogP contribution in [0.15, 0.2) is 96.2 Å². The van der Waals surface area contributed by atoms with E-state index in [2.05, 4.69) is 43.3 Å². The van der Waals surface area contributed by atoms with Gasteiger partial charge >= 0.3 is 0 Å². The lowest BCUT2D eigenvalue weighted by atomic mass is 10.1. The molecule has 0 aliphatic carbocycles. The summed E-state index contributed by atoms with van der Waals surface area (Å²) in [7, 11) is 9.10. The summed E-state index contributed by atoms with van der Waals surface area (Å²) < 4.78 is 45.7. The highest BCUT2D eigenvalue weighted by molar-refractivity contribution is 5.88. The van der Waals surface area contributed by atoms with Crippen LogP contribution in [-0.4, -0.2) is 116 Å². The summed E-state index contributed by atoms with van der Waals surface area (Å²) in [6, 6.07) is 20.6. The van der Waals surface area contributed by atoms with Crippen molar-refractivity contribution in [2.45, 2.75) is 138 Å². The van der Waals surface area contributed by atoms with Crippen molar-refractivity contribution < 1.29 is 57.0 Å². The first kappa shape index (κ1) is 78.9. The highest BCUT2D eigenvalue weighted by Gasteiger charge is 2.19. The lowest BCUT2D eigenvalue weighted by molar-refractivity contribution is -0.330. The largest absolute Gasteiger partial charge is 0.496 e. The van der Waals surface area contributed by atoms with Crippen LogP contribution in [0.5, 0.6) is 0 Å². The third-order valence-electron chi connectivity index (χ3n) is 6.68. The first-order valence-corrected chi connectivity index (χ1v) is 21.0. The number of rotatable bonds is 21. The van der Waals surface area contributed by atoms with E-state index in [0.29, 0.717) is 70.3 Å². The highest BCUT2D eigenvalue weighted by atomic mass is 16.9. The van der Waals surface area contributed by atoms with Gasteiger partial charge in [-0.25, -0.2) is 0 Å². The maximum atomic E-state index is 10.7. The number of hydrogen-bond acceptors (Lipinski definition) is 13. The van der Waals surface area contributed by atoms with Crippen LogP contribution in [0, 0.1) is 0 Å². The first-order chi connectivity index (χ1) is 29.4. The topological polar surface area (TPSA) is 138 Å². The molecule has 1 heterocycles. The van der Waals surface area contributed by atoms with Crippen LogP contribution in [0.25, 0.3) is 0 Å². The number of hydrogen-bond donors (Lipinski definition) is 0. The summed E-state index contributed by atoms with van der Waals surface area (Å²) in [4.78, 5) is 34.0. The Labute approximate surface area is 405 Å². The van der Waals surface area contributed by atoms with Crippen molar-refractivity contribution in [3.8, 4) is 0 Å². The maximum Gasteiger partial charge on any atom is 0.196 e. The Morgan fingerprint density at radius 2 is 0.985 bits per heavy atom. The van der Waals surface area contributed by atoms with E-state index in [4.69, 9.17) is 42.6 Å². The summed E-state index contributed by atoms with van der Waals surface area (Å²) in [6.07, 6.45) is 4.08. The van der Waals surface area contributed by atoms with Crippen molar-refractivity contribution in [3.63, 3.8) is 0 Å². The maximum absolute atomic E-state index is 10.7. The van der Waals surface area contributed by atoms with Gasteiger partial charge in [0.2, 0.25) is 0 Å². The van der Waals surface area contributed by atoms with Crippen LogP contribution >= 0.6 is 0 Å². The van der Waals surface area contributed by atoms with E-state index >= 15 is 0 Å². The Hall–Kier alpha value is -4.21. The Kier molecular flexibility index (Phi) is 65.9. The number of methoxy groups -OCH3 is 3. The molecule has 0 spiro atoms. The summed E-state index contributed by atoms with van der Waals surface area (Å²) >= 11 is 0. The van der Waals surface area contributed by atoms with Crippen molar-refractivity contribution in [2.75, 3.05) is 81.9 Å². The van der Waals surface area contributed by atoms with Crippen molar-refractivity contribution in [3.05, 3.63) is 107 Å². The number of nitrogens with zero attached hydrogens (tertiary/aromatic N) is 1. The van der Waals surface area contributed by atoms with Crippen LogP contribution < -0.4 is 0 Å². The van der Waals surface area contributed by atoms with Gasteiger partial charge in [0.15, 0.2) is 30.4 Å². The minimum absolute atomic E-state index is 0. The van der Waals surface area contributed by atoms with E-state index in [1.807, 2.05) is 77.9 Å². The molecule has 0 unspecified atom stereocenters. The molecule has 2 aromatic rings. The van der Waals surface area contributed by atoms with Gasteiger partial charge in [-0.3, -0.25) is 14.4 Å². The SMILES string of the molecule is C.C.C.C.CC.CC.CC(=O)/C=C(/C)OCC1OCO1.CN(C)Cc1ccccc1.COCC(C)(C)OCCO/C(C)=C\C(C)=O.COCCO/C(C)=C\C(C)=O.COCc1ccccc1. The van der Waals surface area contributed by atoms with Crippen LogP contribution in [0.2, 0.25) is 0 Å². The van der Waals surface area contributed by atoms with Crippen LogP contribution in [0.1, 0.15) is 124 Å². The molecular formula is C53H99NO12. The molecule has 1 fully saturated rings. The Morgan fingerprint density at radius 3 is 1.32 bits per heavy atom. The van der Waals surface area contributed by atoms with Gasteiger partial charge in [-0.05, 0) is 80.6 Å². The number of ketones is 3. The van der Waals surface area contributed by atoms with Gasteiger partial charge in [-0.15, -0.1) is 0 Å². The second kappa shape index (κ2) is 55.1. The quantitative estimate of drug-likeness (QED) is 0.0667. The van der Waals surface area contributed by atoms with Gasteiger partial charge in [0, 0.05) is 46.1 Å². The monoisotopic (exact) mass is 942 g/mol. The normalized spacial score (nSPS) is 11.4. The molecule has 2 aromatic carbocycles. The number of ether oxygens (including phenoxy) is 9. The molecule has 0 saturated carbocycles. The van der Waals surface area contributed by atoms with E-state index < -0.39 is 0 Å². The molecule has 13 heteroatoms. The number of allylic oxidation sites excluding steroid dienone is 6. The van der Waals surface area contributed by atoms with Gasteiger partial charge < -0.3 is 47.5 Å². The molecule has 0 N–H and O–H groups in total. The zero-order valence-corrected chi connectivity index (χ0v) is 41.3. The van der Waals surface area contributed by atoms with E-state index in [1.165, 1.54) is 50.1 Å². The number of carbonyl (C=O) groups excluding carboxylic acids is 3. The minimum atomic E-state index is -0.309. The highest BCUT2D eigenvalue weighted by Crippen LogP contribution is 2.10. The average molecular weight is 942 g/mol. The second-order valence-corrected chi connectivity index (χ2v) is 13.7. The van der Waals surface area contributed by atoms with E-state index in [0.717, 1.165) is 6.54 Å². The fourth-order valence-electron chi connectivity index (χ4n) is 4.33. The lowest BCUT2D eigenvalue weighted by Crippen LogP contribution is -2.34. The summed E-state index contributed by atoms with van der Waals surface area (Å²) in [6.45, 7) is 26.5. The molecule has 388 valence electrons. The molecule has 13 nitrogen and oxygen atoms in total. The van der Waals surface area contributed by atoms with Crippen molar-refractivity contribution >= 4 is 17.3 Å². The van der Waals surface area contributed by atoms with E-state index in [1.54, 1.807) is 42.1 Å². The molecule has 0 radical (unpaired) electrons. The molecule has 0 atom stereocenters. The van der Waals surface area contributed by atoms with Gasteiger partial charge in [0.25, 0.3) is 0 Å². The van der Waals surface area contributed by atoms with Gasteiger partial charge in [0.1, 0.15) is 19.8 Å².